The van der Waals surface area contributed by atoms with E-state index in [0.717, 1.165) is 18.7 Å². The maximum atomic E-state index is 5.77. The van der Waals surface area contributed by atoms with Gasteiger partial charge in [-0.15, -0.1) is 16.7 Å². The summed E-state index contributed by atoms with van der Waals surface area (Å²) >= 11 is 7.59. The van der Waals surface area contributed by atoms with Crippen LogP contribution in [0.4, 0.5) is 6.01 Å². The number of hydrogen-bond acceptors (Lipinski definition) is 5. The summed E-state index contributed by atoms with van der Waals surface area (Å²) in [7, 11) is 0. The van der Waals surface area contributed by atoms with Crippen LogP contribution in [0.3, 0.4) is 0 Å². The van der Waals surface area contributed by atoms with Crippen LogP contribution < -0.4 is 5.32 Å². The molecule has 14 heavy (non-hydrogen) atoms. The van der Waals surface area contributed by atoms with Gasteiger partial charge in [-0.05, 0) is 25.4 Å². The van der Waals surface area contributed by atoms with E-state index in [-0.39, 0.29) is 5.38 Å². The summed E-state index contributed by atoms with van der Waals surface area (Å²) in [6.07, 6.45) is 3.16. The van der Waals surface area contributed by atoms with Crippen LogP contribution in [0.2, 0.25) is 0 Å². The van der Waals surface area contributed by atoms with Gasteiger partial charge in [0.25, 0.3) is 0 Å². The molecule has 1 aromatic rings. The second-order valence-electron chi connectivity index (χ2n) is 2.83. The summed E-state index contributed by atoms with van der Waals surface area (Å²) in [5, 5.41) is 10.4. The van der Waals surface area contributed by atoms with E-state index < -0.39 is 0 Å². The lowest BCUT2D eigenvalue weighted by Crippen LogP contribution is -2.02. The number of aromatic nitrogens is 2. The topological polar surface area (TPSA) is 51.0 Å². The molecule has 0 saturated heterocycles. The van der Waals surface area contributed by atoms with E-state index in [1.54, 1.807) is 6.92 Å². The maximum absolute atomic E-state index is 5.77. The molecule has 0 saturated carbocycles. The van der Waals surface area contributed by atoms with Gasteiger partial charge in [-0.2, -0.15) is 11.8 Å². The van der Waals surface area contributed by atoms with E-state index in [1.165, 1.54) is 0 Å². The Morgan fingerprint density at radius 2 is 2.36 bits per heavy atom. The lowest BCUT2D eigenvalue weighted by Gasteiger charge is -1.99. The zero-order chi connectivity index (χ0) is 10.4. The van der Waals surface area contributed by atoms with Crippen molar-refractivity contribution in [2.24, 2.45) is 0 Å². The molecule has 0 spiro atoms. The minimum atomic E-state index is -0.232. The first kappa shape index (κ1) is 11.7. The van der Waals surface area contributed by atoms with Gasteiger partial charge in [0.05, 0.1) is 0 Å². The molecule has 0 amide bonds. The Bertz CT molecular complexity index is 267. The largest absolute Gasteiger partial charge is 0.407 e. The van der Waals surface area contributed by atoms with Gasteiger partial charge < -0.3 is 9.73 Å². The number of alkyl halides is 1. The van der Waals surface area contributed by atoms with E-state index in [1.807, 2.05) is 11.8 Å². The minimum Gasteiger partial charge on any atom is -0.407 e. The summed E-state index contributed by atoms with van der Waals surface area (Å²) in [5.74, 6) is 1.58. The minimum absolute atomic E-state index is 0.232. The summed E-state index contributed by atoms with van der Waals surface area (Å²) < 4.78 is 5.25. The van der Waals surface area contributed by atoms with E-state index >= 15 is 0 Å². The van der Waals surface area contributed by atoms with Gasteiger partial charge in [0.2, 0.25) is 5.89 Å². The maximum Gasteiger partial charge on any atom is 0.315 e. The van der Waals surface area contributed by atoms with E-state index in [2.05, 4.69) is 21.8 Å². The monoisotopic (exact) mass is 235 g/mol. The molecule has 6 heteroatoms. The van der Waals surface area contributed by atoms with Crippen molar-refractivity contribution in [3.8, 4) is 0 Å². The van der Waals surface area contributed by atoms with Crippen molar-refractivity contribution in [2.75, 3.05) is 23.9 Å². The van der Waals surface area contributed by atoms with Crippen molar-refractivity contribution in [3.63, 3.8) is 0 Å². The number of halogens is 1. The molecule has 0 aliphatic carbocycles. The molecule has 0 aliphatic heterocycles. The molecular weight excluding hydrogens is 222 g/mol. The van der Waals surface area contributed by atoms with Gasteiger partial charge in [0, 0.05) is 6.54 Å². The molecule has 1 rings (SSSR count). The van der Waals surface area contributed by atoms with Crippen LogP contribution in [0.5, 0.6) is 0 Å². The van der Waals surface area contributed by atoms with Crippen LogP contribution in [0.1, 0.15) is 24.6 Å². The van der Waals surface area contributed by atoms with Gasteiger partial charge in [0.15, 0.2) is 0 Å². The number of hydrogen-bond donors (Lipinski definition) is 1. The van der Waals surface area contributed by atoms with Crippen LogP contribution in [0.25, 0.3) is 0 Å². The van der Waals surface area contributed by atoms with Crippen LogP contribution in [0, 0.1) is 0 Å². The van der Waals surface area contributed by atoms with E-state index in [4.69, 9.17) is 16.0 Å². The Hall–Kier alpha value is -0.420. The molecule has 0 aliphatic rings. The van der Waals surface area contributed by atoms with Crippen molar-refractivity contribution < 1.29 is 4.42 Å². The zero-order valence-corrected chi connectivity index (χ0v) is 9.86. The highest BCUT2D eigenvalue weighted by Crippen LogP contribution is 2.18. The number of thioether (sulfide) groups is 1. The SMILES string of the molecule is CSCCCNc1nnc(C(C)Cl)o1. The molecule has 0 aromatic carbocycles. The van der Waals surface area contributed by atoms with Gasteiger partial charge in [0.1, 0.15) is 5.38 Å². The first-order chi connectivity index (χ1) is 6.74. The van der Waals surface area contributed by atoms with Crippen molar-refractivity contribution in [2.45, 2.75) is 18.7 Å². The Labute approximate surface area is 92.8 Å². The predicted octanol–water partition coefficient (Wildman–Crippen LogP) is 2.53. The van der Waals surface area contributed by atoms with Gasteiger partial charge in [-0.25, -0.2) is 0 Å². The highest BCUT2D eigenvalue weighted by molar-refractivity contribution is 7.98. The standard InChI is InChI=1S/C8H14ClN3OS/c1-6(9)7-11-12-8(13-7)10-4-3-5-14-2/h6H,3-5H2,1-2H3,(H,10,12). The fourth-order valence-corrected chi connectivity index (χ4v) is 1.40. The average Bonchev–Trinajstić information content (AvgIpc) is 2.61. The number of anilines is 1. The zero-order valence-electron chi connectivity index (χ0n) is 8.29. The lowest BCUT2D eigenvalue weighted by molar-refractivity contribution is 0.506. The number of rotatable bonds is 6. The molecule has 1 atom stereocenters. The molecule has 80 valence electrons. The Morgan fingerprint density at radius 1 is 1.57 bits per heavy atom. The normalized spacial score (nSPS) is 12.8. The van der Waals surface area contributed by atoms with Crippen LogP contribution in [-0.2, 0) is 0 Å². The summed E-state index contributed by atoms with van der Waals surface area (Å²) in [6, 6.07) is 0.452. The molecule has 1 aromatic heterocycles. The van der Waals surface area contributed by atoms with Crippen LogP contribution in [0.15, 0.2) is 4.42 Å². The highest BCUT2D eigenvalue weighted by Gasteiger charge is 2.09. The average molecular weight is 236 g/mol. The Kier molecular flexibility index (Phi) is 5.11. The molecule has 0 radical (unpaired) electrons. The second kappa shape index (κ2) is 6.14. The quantitative estimate of drug-likeness (QED) is 0.607. The van der Waals surface area contributed by atoms with Crippen molar-refractivity contribution >= 4 is 29.4 Å². The Balaban J connectivity index is 2.29. The fourth-order valence-electron chi connectivity index (χ4n) is 0.879. The molecule has 0 fully saturated rings. The summed E-state index contributed by atoms with van der Waals surface area (Å²) in [6.45, 7) is 2.64. The molecule has 1 unspecified atom stereocenters. The van der Waals surface area contributed by atoms with Gasteiger partial charge in [-0.3, -0.25) is 0 Å². The first-order valence-electron chi connectivity index (χ1n) is 4.44. The fraction of sp³-hybridized carbons (Fsp3) is 0.750. The van der Waals surface area contributed by atoms with E-state index in [9.17, 15) is 0 Å². The first-order valence-corrected chi connectivity index (χ1v) is 6.27. The smallest absolute Gasteiger partial charge is 0.315 e. The predicted molar refractivity (Wildman–Crippen MR) is 60.1 cm³/mol. The molecule has 1 N–H and O–H groups in total. The summed E-state index contributed by atoms with van der Waals surface area (Å²) in [5.41, 5.74) is 0. The number of nitrogens with zero attached hydrogens (tertiary/aromatic N) is 2. The highest BCUT2D eigenvalue weighted by atomic mass is 35.5. The third-order valence-electron chi connectivity index (χ3n) is 1.58. The van der Waals surface area contributed by atoms with Crippen molar-refractivity contribution in [1.82, 2.24) is 10.2 Å². The lowest BCUT2D eigenvalue weighted by atomic mass is 10.5. The van der Waals surface area contributed by atoms with E-state index in [0.29, 0.717) is 11.9 Å². The van der Waals surface area contributed by atoms with Crippen molar-refractivity contribution in [3.05, 3.63) is 5.89 Å². The van der Waals surface area contributed by atoms with Crippen LogP contribution in [-0.4, -0.2) is 28.8 Å². The molecule has 4 nitrogen and oxygen atoms in total. The van der Waals surface area contributed by atoms with Gasteiger partial charge >= 0.3 is 6.01 Å². The van der Waals surface area contributed by atoms with Crippen LogP contribution >= 0.6 is 23.4 Å². The summed E-state index contributed by atoms with van der Waals surface area (Å²) in [4.78, 5) is 0. The van der Waals surface area contributed by atoms with Crippen molar-refractivity contribution in [1.29, 1.82) is 0 Å². The Morgan fingerprint density at radius 3 is 2.93 bits per heavy atom. The molecule has 1 heterocycles. The van der Waals surface area contributed by atoms with Gasteiger partial charge in [-0.1, -0.05) is 5.10 Å². The third-order valence-corrected chi connectivity index (χ3v) is 2.47. The number of nitrogens with one attached hydrogen (secondary N) is 1. The molecular formula is C8H14ClN3OS. The molecule has 0 bridgehead atoms. The third kappa shape index (κ3) is 3.75. The second-order valence-corrected chi connectivity index (χ2v) is 4.47.